The maximum Gasteiger partial charge on any atom is 0.270 e. The molecule has 0 spiro atoms. The second kappa shape index (κ2) is 5.78. The van der Waals surface area contributed by atoms with Crippen LogP contribution in [-0.2, 0) is 0 Å². The van der Waals surface area contributed by atoms with Crippen LogP contribution in [0, 0.1) is 15.9 Å². The highest BCUT2D eigenvalue weighted by atomic mass is 32.2. The van der Waals surface area contributed by atoms with Crippen LogP contribution in [0.15, 0.2) is 18.2 Å². The van der Waals surface area contributed by atoms with Crippen LogP contribution in [-0.4, -0.2) is 27.9 Å². The van der Waals surface area contributed by atoms with Crippen molar-refractivity contribution in [3.63, 3.8) is 0 Å². The molecule has 20 heavy (non-hydrogen) atoms. The van der Waals surface area contributed by atoms with Crippen molar-refractivity contribution in [1.29, 1.82) is 0 Å². The molecule has 0 aromatic heterocycles. The Morgan fingerprint density at radius 3 is 2.95 bits per heavy atom. The van der Waals surface area contributed by atoms with Gasteiger partial charge < -0.3 is 5.32 Å². The van der Waals surface area contributed by atoms with Crippen molar-refractivity contribution in [2.45, 2.75) is 24.5 Å². The maximum atomic E-state index is 13.6. The monoisotopic (exact) mass is 298 g/mol. The van der Waals surface area contributed by atoms with E-state index in [1.54, 1.807) is 11.8 Å². The average Bonchev–Trinajstić information content (AvgIpc) is 2.84. The van der Waals surface area contributed by atoms with Crippen molar-refractivity contribution in [1.82, 2.24) is 5.32 Å². The standard InChI is InChI=1S/C13H15FN2O3S/c1-13(5-2-6-20-13)8-15-12(17)10-7-9(16(18)19)3-4-11(10)14/h3-4,7H,2,5-6,8H2,1H3,(H,15,17). The van der Waals surface area contributed by atoms with Crippen LogP contribution < -0.4 is 5.32 Å². The van der Waals surface area contributed by atoms with Crippen LogP contribution >= 0.6 is 11.8 Å². The number of hydrogen-bond donors (Lipinski definition) is 1. The van der Waals surface area contributed by atoms with Crippen LogP contribution in [0.1, 0.15) is 30.1 Å². The predicted octanol–water partition coefficient (Wildman–Crippen LogP) is 2.75. The maximum absolute atomic E-state index is 13.6. The third-order valence-electron chi connectivity index (χ3n) is 3.33. The third-order valence-corrected chi connectivity index (χ3v) is 4.87. The van der Waals surface area contributed by atoms with Crippen LogP contribution in [0.5, 0.6) is 0 Å². The van der Waals surface area contributed by atoms with E-state index in [2.05, 4.69) is 12.2 Å². The van der Waals surface area contributed by atoms with Gasteiger partial charge in [-0.05, 0) is 31.6 Å². The summed E-state index contributed by atoms with van der Waals surface area (Å²) in [6.45, 7) is 2.48. The molecule has 108 valence electrons. The summed E-state index contributed by atoms with van der Waals surface area (Å²) in [6, 6.07) is 2.95. The summed E-state index contributed by atoms with van der Waals surface area (Å²) in [6.07, 6.45) is 2.09. The lowest BCUT2D eigenvalue weighted by molar-refractivity contribution is -0.384. The fourth-order valence-electron chi connectivity index (χ4n) is 2.14. The number of carbonyl (C=O) groups is 1. The van der Waals surface area contributed by atoms with Crippen LogP contribution in [0.3, 0.4) is 0 Å². The van der Waals surface area contributed by atoms with Crippen molar-refractivity contribution in [2.75, 3.05) is 12.3 Å². The highest BCUT2D eigenvalue weighted by molar-refractivity contribution is 8.00. The summed E-state index contributed by atoms with van der Waals surface area (Å²) < 4.78 is 13.6. The summed E-state index contributed by atoms with van der Waals surface area (Å²) in [5.41, 5.74) is -0.580. The first kappa shape index (κ1) is 14.8. The summed E-state index contributed by atoms with van der Waals surface area (Å²) in [4.78, 5) is 22.0. The first-order chi connectivity index (χ1) is 9.41. The minimum absolute atomic E-state index is 0.0349. The molecule has 1 aromatic carbocycles. The molecule has 2 rings (SSSR count). The molecule has 1 aromatic rings. The van der Waals surface area contributed by atoms with E-state index in [9.17, 15) is 19.3 Å². The molecule has 1 N–H and O–H groups in total. The molecule has 0 bridgehead atoms. The van der Waals surface area contributed by atoms with E-state index in [0.717, 1.165) is 36.8 Å². The molecule has 1 fully saturated rings. The predicted molar refractivity (Wildman–Crippen MR) is 75.5 cm³/mol. The highest BCUT2D eigenvalue weighted by Crippen LogP contribution is 2.37. The van der Waals surface area contributed by atoms with Crippen LogP contribution in [0.2, 0.25) is 0 Å². The normalized spacial score (nSPS) is 21.7. The summed E-state index contributed by atoms with van der Waals surface area (Å²) >= 11 is 1.78. The lowest BCUT2D eigenvalue weighted by atomic mass is 10.1. The van der Waals surface area contributed by atoms with Crippen molar-refractivity contribution >= 4 is 23.4 Å². The SMILES string of the molecule is CC1(CNC(=O)c2cc([N+](=O)[O-])ccc2F)CCCS1. The average molecular weight is 298 g/mol. The van der Waals surface area contributed by atoms with Gasteiger partial charge in [-0.3, -0.25) is 14.9 Å². The Hall–Kier alpha value is -1.63. The van der Waals surface area contributed by atoms with E-state index in [1.807, 2.05) is 0 Å². The van der Waals surface area contributed by atoms with Crippen molar-refractivity contribution in [3.05, 3.63) is 39.7 Å². The minimum atomic E-state index is -0.752. The smallest absolute Gasteiger partial charge is 0.270 e. The van der Waals surface area contributed by atoms with Gasteiger partial charge in [-0.2, -0.15) is 11.8 Å². The van der Waals surface area contributed by atoms with Gasteiger partial charge in [-0.15, -0.1) is 0 Å². The molecule has 0 aliphatic carbocycles. The Morgan fingerprint density at radius 2 is 2.35 bits per heavy atom. The lowest BCUT2D eigenvalue weighted by Crippen LogP contribution is -2.37. The molecule has 5 nitrogen and oxygen atoms in total. The number of nitro groups is 1. The number of nitro benzene ring substituents is 1. The molecule has 0 saturated carbocycles. The number of hydrogen-bond acceptors (Lipinski definition) is 4. The lowest BCUT2D eigenvalue weighted by Gasteiger charge is -2.22. The summed E-state index contributed by atoms with van der Waals surface area (Å²) in [7, 11) is 0. The number of nitrogens with one attached hydrogen (secondary N) is 1. The zero-order chi connectivity index (χ0) is 14.8. The molecule has 1 aliphatic heterocycles. The van der Waals surface area contributed by atoms with Crippen molar-refractivity contribution < 1.29 is 14.1 Å². The number of nitrogens with zero attached hydrogens (tertiary/aromatic N) is 1. The second-order valence-corrected chi connectivity index (χ2v) is 6.69. The Balaban J connectivity index is 2.08. The second-order valence-electron chi connectivity index (χ2n) is 5.01. The Labute approximate surface area is 120 Å². The van der Waals surface area contributed by atoms with Crippen LogP contribution in [0.4, 0.5) is 10.1 Å². The Bertz CT molecular complexity index is 544. The van der Waals surface area contributed by atoms with Gasteiger partial charge in [0.15, 0.2) is 0 Å². The number of benzene rings is 1. The number of halogens is 1. The number of rotatable bonds is 4. The van der Waals surface area contributed by atoms with Gasteiger partial charge in [0.05, 0.1) is 10.5 Å². The van der Waals surface area contributed by atoms with Gasteiger partial charge >= 0.3 is 0 Å². The van der Waals surface area contributed by atoms with Gasteiger partial charge in [-0.1, -0.05) is 0 Å². The largest absolute Gasteiger partial charge is 0.351 e. The number of non-ortho nitro benzene ring substituents is 1. The van der Waals surface area contributed by atoms with E-state index in [-0.39, 0.29) is 16.0 Å². The number of amides is 1. The van der Waals surface area contributed by atoms with Crippen LogP contribution in [0.25, 0.3) is 0 Å². The van der Waals surface area contributed by atoms with E-state index >= 15 is 0 Å². The van der Waals surface area contributed by atoms with Gasteiger partial charge in [0.1, 0.15) is 5.82 Å². The molecule has 1 aliphatic rings. The fourth-order valence-corrected chi connectivity index (χ4v) is 3.38. The first-order valence-electron chi connectivity index (χ1n) is 6.27. The van der Waals surface area contributed by atoms with Gasteiger partial charge in [-0.25, -0.2) is 4.39 Å². The van der Waals surface area contributed by atoms with Gasteiger partial charge in [0.2, 0.25) is 0 Å². The van der Waals surface area contributed by atoms with E-state index in [4.69, 9.17) is 0 Å². The highest BCUT2D eigenvalue weighted by Gasteiger charge is 2.30. The topological polar surface area (TPSA) is 72.2 Å². The molecule has 1 unspecified atom stereocenters. The molecule has 1 saturated heterocycles. The molecule has 1 atom stereocenters. The third kappa shape index (κ3) is 3.27. The minimum Gasteiger partial charge on any atom is -0.351 e. The van der Waals surface area contributed by atoms with E-state index in [1.165, 1.54) is 0 Å². The fraction of sp³-hybridized carbons (Fsp3) is 0.462. The Kier molecular flexibility index (Phi) is 4.27. The molecule has 0 radical (unpaired) electrons. The Morgan fingerprint density at radius 1 is 1.60 bits per heavy atom. The van der Waals surface area contributed by atoms with E-state index < -0.39 is 16.6 Å². The molecule has 1 amide bonds. The van der Waals surface area contributed by atoms with Gasteiger partial charge in [0.25, 0.3) is 11.6 Å². The zero-order valence-corrected chi connectivity index (χ0v) is 11.8. The molecule has 1 heterocycles. The van der Waals surface area contributed by atoms with E-state index in [0.29, 0.717) is 6.54 Å². The number of carbonyl (C=O) groups excluding carboxylic acids is 1. The summed E-state index contributed by atoms with van der Waals surface area (Å²) in [5.74, 6) is -0.311. The number of thioether (sulfide) groups is 1. The van der Waals surface area contributed by atoms with Crippen molar-refractivity contribution in [3.8, 4) is 0 Å². The van der Waals surface area contributed by atoms with Crippen molar-refractivity contribution in [2.24, 2.45) is 0 Å². The molecular weight excluding hydrogens is 283 g/mol. The molecular formula is C13H15FN2O3S. The molecule has 7 heteroatoms. The van der Waals surface area contributed by atoms with Gasteiger partial charge in [0, 0.05) is 23.4 Å². The quantitative estimate of drug-likeness (QED) is 0.685. The first-order valence-corrected chi connectivity index (χ1v) is 7.26. The summed E-state index contributed by atoms with van der Waals surface area (Å²) in [5, 5.41) is 13.3. The zero-order valence-electron chi connectivity index (χ0n) is 11.0.